The van der Waals surface area contributed by atoms with Crippen LogP contribution in [0, 0.1) is 0 Å². The molecule has 40 heavy (non-hydrogen) atoms. The molecule has 0 unspecified atom stereocenters. The van der Waals surface area contributed by atoms with Crippen LogP contribution in [0.3, 0.4) is 0 Å². The Morgan fingerprint density at radius 2 is 0.850 bits per heavy atom. The maximum atomic E-state index is 13.5. The highest BCUT2D eigenvalue weighted by Gasteiger charge is 2.20. The van der Waals surface area contributed by atoms with Crippen molar-refractivity contribution in [1.29, 1.82) is 0 Å². The molecule has 0 bridgehead atoms. The number of benzene rings is 4. The monoisotopic (exact) mass is 536 g/mol. The zero-order chi connectivity index (χ0) is 28.2. The molecule has 0 fully saturated rings. The third-order valence-electron chi connectivity index (χ3n) is 6.81. The Morgan fingerprint density at radius 3 is 1.18 bits per heavy atom. The van der Waals surface area contributed by atoms with Crippen molar-refractivity contribution in [2.45, 2.75) is 25.9 Å². The maximum absolute atomic E-state index is 13.5. The van der Waals surface area contributed by atoms with E-state index in [4.69, 9.17) is 9.47 Å². The van der Waals surface area contributed by atoms with Crippen LogP contribution < -0.4 is 9.47 Å². The summed E-state index contributed by atoms with van der Waals surface area (Å²) in [6.07, 6.45) is 0.546. The smallest absolute Gasteiger partial charge is 0.227 e. The SMILES string of the molecule is COc1ccc(CC(=O)N(CCN(Cc2ccccc2)C(=O)Cc2ccc(OC)cc2)Cc2ccccc2)cc1. The van der Waals surface area contributed by atoms with Gasteiger partial charge in [-0.25, -0.2) is 0 Å². The maximum Gasteiger partial charge on any atom is 0.227 e. The van der Waals surface area contributed by atoms with Gasteiger partial charge in [0.05, 0.1) is 27.1 Å². The normalized spacial score (nSPS) is 10.6. The predicted molar refractivity (Wildman–Crippen MR) is 157 cm³/mol. The van der Waals surface area contributed by atoms with Crippen LogP contribution in [-0.4, -0.2) is 48.9 Å². The second-order valence-electron chi connectivity index (χ2n) is 9.65. The van der Waals surface area contributed by atoms with Gasteiger partial charge in [0.15, 0.2) is 0 Å². The molecule has 0 radical (unpaired) electrons. The highest BCUT2D eigenvalue weighted by Crippen LogP contribution is 2.16. The number of hydrogen-bond donors (Lipinski definition) is 0. The van der Waals surface area contributed by atoms with E-state index in [1.54, 1.807) is 14.2 Å². The molecular formula is C34H36N2O4. The lowest BCUT2D eigenvalue weighted by atomic mass is 10.1. The second-order valence-corrected chi connectivity index (χ2v) is 9.65. The van der Waals surface area contributed by atoms with Crippen molar-refractivity contribution in [2.75, 3.05) is 27.3 Å². The summed E-state index contributed by atoms with van der Waals surface area (Å²) in [4.78, 5) is 30.8. The van der Waals surface area contributed by atoms with Gasteiger partial charge in [-0.1, -0.05) is 84.9 Å². The number of rotatable bonds is 13. The van der Waals surface area contributed by atoms with Crippen molar-refractivity contribution in [3.63, 3.8) is 0 Å². The molecule has 0 aliphatic rings. The van der Waals surface area contributed by atoms with Gasteiger partial charge in [0.2, 0.25) is 11.8 Å². The summed E-state index contributed by atoms with van der Waals surface area (Å²) in [6, 6.07) is 35.0. The second kappa shape index (κ2) is 14.5. The topological polar surface area (TPSA) is 59.1 Å². The van der Waals surface area contributed by atoms with Crippen LogP contribution in [0.15, 0.2) is 109 Å². The molecule has 0 heterocycles. The Balaban J connectivity index is 1.50. The van der Waals surface area contributed by atoms with Crippen LogP contribution >= 0.6 is 0 Å². The summed E-state index contributed by atoms with van der Waals surface area (Å²) in [5, 5.41) is 0. The number of hydrogen-bond acceptors (Lipinski definition) is 4. The molecule has 0 atom stereocenters. The largest absolute Gasteiger partial charge is 0.497 e. The van der Waals surface area contributed by atoms with Crippen LogP contribution in [0.25, 0.3) is 0 Å². The summed E-state index contributed by atoms with van der Waals surface area (Å²) in [5.41, 5.74) is 3.93. The van der Waals surface area contributed by atoms with Gasteiger partial charge < -0.3 is 19.3 Å². The van der Waals surface area contributed by atoms with Gasteiger partial charge in [-0.15, -0.1) is 0 Å². The van der Waals surface area contributed by atoms with E-state index in [-0.39, 0.29) is 24.7 Å². The molecule has 0 aromatic heterocycles. The predicted octanol–water partition coefficient (Wildman–Crippen LogP) is 5.55. The molecular weight excluding hydrogens is 500 g/mol. The quantitative estimate of drug-likeness (QED) is 0.225. The Hall–Kier alpha value is -4.58. The Kier molecular flexibility index (Phi) is 10.3. The molecule has 206 valence electrons. The fourth-order valence-electron chi connectivity index (χ4n) is 4.49. The molecule has 6 heteroatoms. The highest BCUT2D eigenvalue weighted by molar-refractivity contribution is 5.80. The van der Waals surface area contributed by atoms with Gasteiger partial charge in [0.25, 0.3) is 0 Å². The summed E-state index contributed by atoms with van der Waals surface area (Å²) in [5.74, 6) is 1.53. The molecule has 0 saturated heterocycles. The minimum absolute atomic E-state index is 0.0104. The van der Waals surface area contributed by atoms with Gasteiger partial charge in [-0.05, 0) is 46.5 Å². The molecule has 4 aromatic carbocycles. The lowest BCUT2D eigenvalue weighted by Gasteiger charge is -2.29. The standard InChI is InChI=1S/C34H36N2O4/c1-39-31-17-13-27(14-18-31)23-33(37)35(25-29-9-5-3-6-10-29)21-22-36(26-30-11-7-4-8-12-30)34(38)24-28-15-19-32(40-2)20-16-28/h3-20H,21-26H2,1-2H3. The van der Waals surface area contributed by atoms with Crippen LogP contribution in [-0.2, 0) is 35.5 Å². The lowest BCUT2D eigenvalue weighted by Crippen LogP contribution is -2.41. The van der Waals surface area contributed by atoms with Crippen LogP contribution in [0.1, 0.15) is 22.3 Å². The number of carbonyl (C=O) groups is 2. The minimum Gasteiger partial charge on any atom is -0.497 e. The van der Waals surface area contributed by atoms with Crippen molar-refractivity contribution in [2.24, 2.45) is 0 Å². The lowest BCUT2D eigenvalue weighted by molar-refractivity contribution is -0.135. The van der Waals surface area contributed by atoms with Crippen molar-refractivity contribution in [1.82, 2.24) is 9.80 Å². The third kappa shape index (κ3) is 8.46. The first-order chi connectivity index (χ1) is 19.5. The van der Waals surface area contributed by atoms with E-state index in [9.17, 15) is 9.59 Å². The average Bonchev–Trinajstić information content (AvgIpc) is 3.00. The van der Waals surface area contributed by atoms with Crippen LogP contribution in [0.5, 0.6) is 11.5 Å². The highest BCUT2D eigenvalue weighted by atomic mass is 16.5. The third-order valence-corrected chi connectivity index (χ3v) is 6.81. The van der Waals surface area contributed by atoms with E-state index in [2.05, 4.69) is 0 Å². The van der Waals surface area contributed by atoms with E-state index >= 15 is 0 Å². The fourth-order valence-corrected chi connectivity index (χ4v) is 4.49. The van der Waals surface area contributed by atoms with Crippen LogP contribution in [0.4, 0.5) is 0 Å². The molecule has 6 nitrogen and oxygen atoms in total. The Bertz CT molecular complexity index is 1230. The van der Waals surface area contributed by atoms with E-state index < -0.39 is 0 Å². The number of nitrogens with zero attached hydrogens (tertiary/aromatic N) is 2. The molecule has 4 rings (SSSR count). The summed E-state index contributed by atoms with van der Waals surface area (Å²) >= 11 is 0. The fraction of sp³-hybridized carbons (Fsp3) is 0.235. The minimum atomic E-state index is 0.0104. The summed E-state index contributed by atoms with van der Waals surface area (Å²) in [6.45, 7) is 1.79. The van der Waals surface area contributed by atoms with E-state index in [1.807, 2.05) is 119 Å². The van der Waals surface area contributed by atoms with E-state index in [0.29, 0.717) is 26.2 Å². The van der Waals surface area contributed by atoms with Crippen molar-refractivity contribution >= 4 is 11.8 Å². The average molecular weight is 537 g/mol. The van der Waals surface area contributed by atoms with E-state index in [1.165, 1.54) is 0 Å². The molecule has 4 aromatic rings. The molecule has 0 saturated carbocycles. The van der Waals surface area contributed by atoms with Crippen molar-refractivity contribution in [3.8, 4) is 11.5 Å². The van der Waals surface area contributed by atoms with Crippen molar-refractivity contribution < 1.29 is 19.1 Å². The Morgan fingerprint density at radius 1 is 0.500 bits per heavy atom. The number of carbonyl (C=O) groups excluding carboxylic acids is 2. The first kappa shape index (κ1) is 28.4. The van der Waals surface area contributed by atoms with Gasteiger partial charge in [0.1, 0.15) is 11.5 Å². The molecule has 0 aliphatic heterocycles. The summed E-state index contributed by atoms with van der Waals surface area (Å²) in [7, 11) is 3.25. The molecule has 0 N–H and O–H groups in total. The first-order valence-corrected chi connectivity index (χ1v) is 13.4. The molecule has 0 spiro atoms. The van der Waals surface area contributed by atoms with Gasteiger partial charge >= 0.3 is 0 Å². The zero-order valence-corrected chi connectivity index (χ0v) is 23.2. The van der Waals surface area contributed by atoms with E-state index in [0.717, 1.165) is 33.8 Å². The van der Waals surface area contributed by atoms with Gasteiger partial charge in [-0.3, -0.25) is 9.59 Å². The van der Waals surface area contributed by atoms with Gasteiger partial charge in [-0.2, -0.15) is 0 Å². The molecule has 0 aliphatic carbocycles. The Labute approximate surface area is 236 Å². The van der Waals surface area contributed by atoms with Gasteiger partial charge in [0, 0.05) is 26.2 Å². The zero-order valence-electron chi connectivity index (χ0n) is 23.2. The first-order valence-electron chi connectivity index (χ1n) is 13.4. The molecule has 2 amide bonds. The number of ether oxygens (including phenoxy) is 2. The van der Waals surface area contributed by atoms with Crippen LogP contribution in [0.2, 0.25) is 0 Å². The number of amides is 2. The number of methoxy groups -OCH3 is 2. The van der Waals surface area contributed by atoms with Crippen molar-refractivity contribution in [3.05, 3.63) is 131 Å². The summed E-state index contributed by atoms with van der Waals surface area (Å²) < 4.78 is 10.5.